The average Bonchev–Trinajstić information content (AvgIpc) is 2.96. The second-order valence-electron chi connectivity index (χ2n) is 9.11. The van der Waals surface area contributed by atoms with Gasteiger partial charge in [0.15, 0.2) is 0 Å². The van der Waals surface area contributed by atoms with Crippen molar-refractivity contribution in [2.45, 2.75) is 51.1 Å². The van der Waals surface area contributed by atoms with E-state index in [-0.39, 0.29) is 17.3 Å². The van der Waals surface area contributed by atoms with Crippen LogP contribution in [-0.2, 0) is 26.2 Å². The number of nitrogens with one attached hydrogen (secondary N) is 1. The lowest BCUT2D eigenvalue weighted by molar-refractivity contribution is -0.140. The van der Waals surface area contributed by atoms with Crippen LogP contribution in [-0.4, -0.2) is 50.9 Å². The number of hydrogen-bond donors (Lipinski definition) is 1. The Morgan fingerprint density at radius 2 is 1.57 bits per heavy atom. The van der Waals surface area contributed by atoms with Crippen LogP contribution < -0.4 is 14.4 Å². The first kappa shape index (κ1) is 30.6. The SMILES string of the molecule is CCCNC(=O)[C@@H](CC)N(Cc1ccc(F)cc1)C(=O)CN(c1ccccc1)S(=O)(=O)c1ccc(OCC)cc1. The number of para-hydroxylation sites is 1. The minimum atomic E-state index is -4.18. The second-order valence-corrected chi connectivity index (χ2v) is 11.0. The van der Waals surface area contributed by atoms with Crippen LogP contribution in [0.4, 0.5) is 10.1 Å². The normalized spacial score (nSPS) is 11.9. The number of benzene rings is 3. The minimum Gasteiger partial charge on any atom is -0.494 e. The molecule has 0 radical (unpaired) electrons. The fourth-order valence-electron chi connectivity index (χ4n) is 4.20. The lowest BCUT2D eigenvalue weighted by Crippen LogP contribution is -2.52. The van der Waals surface area contributed by atoms with E-state index < -0.39 is 34.3 Å². The molecule has 0 aliphatic carbocycles. The number of halogens is 1. The molecule has 214 valence electrons. The molecule has 0 saturated heterocycles. The Kier molecular flexibility index (Phi) is 11.1. The van der Waals surface area contributed by atoms with Crippen LogP contribution in [0.2, 0.25) is 0 Å². The van der Waals surface area contributed by atoms with Crippen molar-refractivity contribution in [2.75, 3.05) is 24.0 Å². The maximum Gasteiger partial charge on any atom is 0.264 e. The number of anilines is 1. The van der Waals surface area contributed by atoms with Crippen molar-refractivity contribution in [3.8, 4) is 5.75 Å². The van der Waals surface area contributed by atoms with Crippen LogP contribution in [0, 0.1) is 5.82 Å². The maximum absolute atomic E-state index is 13.9. The van der Waals surface area contributed by atoms with Gasteiger partial charge in [-0.05, 0) is 73.9 Å². The van der Waals surface area contributed by atoms with Crippen LogP contribution in [0.25, 0.3) is 0 Å². The van der Waals surface area contributed by atoms with E-state index in [0.29, 0.717) is 36.6 Å². The summed E-state index contributed by atoms with van der Waals surface area (Å²) >= 11 is 0. The zero-order valence-electron chi connectivity index (χ0n) is 23.0. The van der Waals surface area contributed by atoms with E-state index >= 15 is 0 Å². The van der Waals surface area contributed by atoms with E-state index in [4.69, 9.17) is 4.74 Å². The fraction of sp³-hybridized carbons (Fsp3) is 0.333. The topological polar surface area (TPSA) is 96.0 Å². The second kappa shape index (κ2) is 14.5. The molecule has 3 aromatic rings. The zero-order valence-corrected chi connectivity index (χ0v) is 23.9. The van der Waals surface area contributed by atoms with Gasteiger partial charge in [0.25, 0.3) is 10.0 Å². The molecule has 0 aliphatic heterocycles. The van der Waals surface area contributed by atoms with Gasteiger partial charge in [-0.15, -0.1) is 0 Å². The maximum atomic E-state index is 13.9. The molecule has 0 saturated carbocycles. The van der Waals surface area contributed by atoms with Gasteiger partial charge in [0.05, 0.1) is 17.2 Å². The van der Waals surface area contributed by atoms with Gasteiger partial charge < -0.3 is 15.0 Å². The molecule has 0 fully saturated rings. The molecular weight excluding hydrogens is 533 g/mol. The van der Waals surface area contributed by atoms with Crippen molar-refractivity contribution < 1.29 is 27.1 Å². The Morgan fingerprint density at radius 1 is 0.925 bits per heavy atom. The quantitative estimate of drug-likeness (QED) is 0.302. The van der Waals surface area contributed by atoms with Crippen molar-refractivity contribution in [1.82, 2.24) is 10.2 Å². The summed E-state index contributed by atoms with van der Waals surface area (Å²) in [5, 5.41) is 2.83. The summed E-state index contributed by atoms with van der Waals surface area (Å²) in [7, 11) is -4.18. The average molecular weight is 570 g/mol. The number of rotatable bonds is 14. The molecule has 8 nitrogen and oxygen atoms in total. The summed E-state index contributed by atoms with van der Waals surface area (Å²) in [6.07, 6.45) is 1.02. The number of ether oxygens (including phenoxy) is 1. The summed E-state index contributed by atoms with van der Waals surface area (Å²) in [6, 6.07) is 19.1. The fourth-order valence-corrected chi connectivity index (χ4v) is 5.61. The number of amides is 2. The molecule has 0 heterocycles. The highest BCUT2D eigenvalue weighted by Gasteiger charge is 2.33. The molecule has 40 heavy (non-hydrogen) atoms. The van der Waals surface area contributed by atoms with Crippen LogP contribution >= 0.6 is 0 Å². The predicted molar refractivity (Wildman–Crippen MR) is 153 cm³/mol. The molecule has 2 amide bonds. The summed E-state index contributed by atoms with van der Waals surface area (Å²) in [5.74, 6) is -0.800. The van der Waals surface area contributed by atoms with E-state index in [1.54, 1.807) is 49.4 Å². The highest BCUT2D eigenvalue weighted by molar-refractivity contribution is 7.92. The minimum absolute atomic E-state index is 0.00287. The van der Waals surface area contributed by atoms with Gasteiger partial charge in [-0.1, -0.05) is 44.2 Å². The Bertz CT molecular complexity index is 1350. The summed E-state index contributed by atoms with van der Waals surface area (Å²) in [4.78, 5) is 28.4. The predicted octanol–water partition coefficient (Wildman–Crippen LogP) is 4.75. The van der Waals surface area contributed by atoms with Crippen molar-refractivity contribution in [3.05, 3.63) is 90.2 Å². The van der Waals surface area contributed by atoms with Crippen LogP contribution in [0.15, 0.2) is 83.8 Å². The van der Waals surface area contributed by atoms with Gasteiger partial charge in [0.2, 0.25) is 11.8 Å². The van der Waals surface area contributed by atoms with Gasteiger partial charge in [0, 0.05) is 13.1 Å². The van der Waals surface area contributed by atoms with E-state index in [2.05, 4.69) is 5.32 Å². The zero-order chi connectivity index (χ0) is 29.1. The molecule has 3 rings (SSSR count). The molecule has 3 aromatic carbocycles. The number of carbonyl (C=O) groups excluding carboxylic acids is 2. The number of hydrogen-bond acceptors (Lipinski definition) is 5. The third kappa shape index (κ3) is 7.81. The molecule has 0 aliphatic rings. The van der Waals surface area contributed by atoms with Crippen molar-refractivity contribution >= 4 is 27.5 Å². The molecule has 0 aromatic heterocycles. The van der Waals surface area contributed by atoms with Crippen molar-refractivity contribution in [3.63, 3.8) is 0 Å². The summed E-state index contributed by atoms with van der Waals surface area (Å²) in [5.41, 5.74) is 0.909. The highest BCUT2D eigenvalue weighted by Crippen LogP contribution is 2.26. The van der Waals surface area contributed by atoms with Gasteiger partial charge in [-0.3, -0.25) is 13.9 Å². The van der Waals surface area contributed by atoms with Crippen LogP contribution in [0.1, 0.15) is 39.2 Å². The van der Waals surface area contributed by atoms with E-state index in [1.807, 2.05) is 13.8 Å². The molecular formula is C30H36FN3O5S. The van der Waals surface area contributed by atoms with Gasteiger partial charge >= 0.3 is 0 Å². The molecule has 0 unspecified atom stereocenters. The third-order valence-corrected chi connectivity index (χ3v) is 8.04. The number of sulfonamides is 1. The van der Waals surface area contributed by atoms with Gasteiger partial charge in [0.1, 0.15) is 24.2 Å². The largest absolute Gasteiger partial charge is 0.494 e. The first-order valence-electron chi connectivity index (χ1n) is 13.3. The summed E-state index contributed by atoms with van der Waals surface area (Å²) < 4.78 is 47.8. The van der Waals surface area contributed by atoms with Crippen LogP contribution in [0.5, 0.6) is 5.75 Å². The lowest BCUT2D eigenvalue weighted by Gasteiger charge is -2.33. The Labute approximate surface area is 235 Å². The highest BCUT2D eigenvalue weighted by atomic mass is 32.2. The molecule has 0 bridgehead atoms. The van der Waals surface area contributed by atoms with Crippen molar-refractivity contribution in [1.29, 1.82) is 0 Å². The molecule has 1 atom stereocenters. The van der Waals surface area contributed by atoms with E-state index in [1.165, 1.54) is 41.3 Å². The molecule has 1 N–H and O–H groups in total. The first-order chi connectivity index (χ1) is 19.2. The third-order valence-electron chi connectivity index (χ3n) is 6.25. The smallest absolute Gasteiger partial charge is 0.264 e. The van der Waals surface area contributed by atoms with E-state index in [9.17, 15) is 22.4 Å². The summed E-state index contributed by atoms with van der Waals surface area (Å²) in [6.45, 7) is 5.87. The first-order valence-corrected chi connectivity index (χ1v) is 14.8. The Balaban J connectivity index is 2.01. The van der Waals surface area contributed by atoms with Crippen molar-refractivity contribution in [2.24, 2.45) is 0 Å². The van der Waals surface area contributed by atoms with E-state index in [0.717, 1.165) is 10.7 Å². The molecule has 0 spiro atoms. The Morgan fingerprint density at radius 3 is 2.15 bits per heavy atom. The molecule has 10 heteroatoms. The van der Waals surface area contributed by atoms with Crippen LogP contribution in [0.3, 0.4) is 0 Å². The number of nitrogens with zero attached hydrogens (tertiary/aromatic N) is 2. The lowest BCUT2D eigenvalue weighted by atomic mass is 10.1. The monoisotopic (exact) mass is 569 g/mol. The van der Waals surface area contributed by atoms with Gasteiger partial charge in [-0.25, -0.2) is 12.8 Å². The standard InChI is InChI=1S/C30H36FN3O5S/c1-4-20-32-30(36)28(5-2)33(21-23-12-14-24(31)15-13-23)29(35)22-34(25-10-8-7-9-11-25)40(37,38)27-18-16-26(17-19-27)39-6-3/h7-19,28H,4-6,20-22H2,1-3H3,(H,32,36)/t28-/m1/s1. The number of carbonyl (C=O) groups is 2. The van der Waals surface area contributed by atoms with Gasteiger partial charge in [-0.2, -0.15) is 0 Å². The Hall–Kier alpha value is -3.92.